The number of benzene rings is 1. The van der Waals surface area contributed by atoms with Crippen LogP contribution in [0.2, 0.25) is 0 Å². The lowest BCUT2D eigenvalue weighted by Crippen LogP contribution is -2.37. The molecular formula is C14H19NO5S. The van der Waals surface area contributed by atoms with E-state index in [2.05, 4.69) is 0 Å². The molecule has 1 amide bonds. The molecule has 0 bridgehead atoms. The first kappa shape index (κ1) is 17.2. The van der Waals surface area contributed by atoms with Crippen molar-refractivity contribution >= 4 is 21.7 Å². The van der Waals surface area contributed by atoms with Crippen molar-refractivity contribution in [3.8, 4) is 0 Å². The van der Waals surface area contributed by atoms with E-state index in [9.17, 15) is 18.0 Å². The normalized spacial score (nSPS) is 11.4. The van der Waals surface area contributed by atoms with E-state index in [0.717, 1.165) is 0 Å². The van der Waals surface area contributed by atoms with Crippen LogP contribution in [0.5, 0.6) is 0 Å². The van der Waals surface area contributed by atoms with Gasteiger partial charge in [0, 0.05) is 13.1 Å². The standard InChI is InChI=1S/C14H19NO5S/c1-10(2)15(3)13(16)9-21(19,20)12-6-4-11(5-7-12)8-14(17)18/h4-7,10H,8-9H2,1-3H3,(H,17,18). The summed E-state index contributed by atoms with van der Waals surface area (Å²) in [4.78, 5) is 23.8. The average Bonchev–Trinajstić information content (AvgIpc) is 2.37. The van der Waals surface area contributed by atoms with Crippen LogP contribution in [0.25, 0.3) is 0 Å². The first-order valence-electron chi connectivity index (χ1n) is 6.42. The highest BCUT2D eigenvalue weighted by molar-refractivity contribution is 7.92. The molecule has 1 N–H and O–H groups in total. The number of hydrogen-bond donors (Lipinski definition) is 1. The smallest absolute Gasteiger partial charge is 0.307 e. The summed E-state index contributed by atoms with van der Waals surface area (Å²) in [5.41, 5.74) is 0.507. The predicted molar refractivity (Wildman–Crippen MR) is 77.7 cm³/mol. The lowest BCUT2D eigenvalue weighted by atomic mass is 10.2. The molecule has 0 atom stereocenters. The van der Waals surface area contributed by atoms with Gasteiger partial charge in [-0.2, -0.15) is 0 Å². The van der Waals surface area contributed by atoms with Crippen molar-refractivity contribution in [1.82, 2.24) is 4.90 Å². The molecule has 0 aliphatic carbocycles. The van der Waals surface area contributed by atoms with Crippen LogP contribution in [0.1, 0.15) is 19.4 Å². The third-order valence-electron chi connectivity index (χ3n) is 3.12. The third kappa shape index (κ3) is 4.86. The van der Waals surface area contributed by atoms with Gasteiger partial charge in [0.25, 0.3) is 0 Å². The second-order valence-corrected chi connectivity index (χ2v) is 7.06. The Morgan fingerprint density at radius 1 is 1.19 bits per heavy atom. The number of aliphatic carboxylic acids is 1. The molecule has 0 heterocycles. The molecule has 21 heavy (non-hydrogen) atoms. The number of carbonyl (C=O) groups excluding carboxylic acids is 1. The number of rotatable bonds is 6. The van der Waals surface area contributed by atoms with Crippen molar-refractivity contribution in [2.45, 2.75) is 31.2 Å². The monoisotopic (exact) mass is 313 g/mol. The van der Waals surface area contributed by atoms with Crippen molar-refractivity contribution < 1.29 is 23.1 Å². The summed E-state index contributed by atoms with van der Waals surface area (Å²) in [6.45, 7) is 3.59. The molecule has 0 aromatic heterocycles. The predicted octanol–water partition coefficient (Wildman–Crippen LogP) is 0.954. The Balaban J connectivity index is 2.88. The highest BCUT2D eigenvalue weighted by atomic mass is 32.2. The Hall–Kier alpha value is -1.89. The Kier molecular flexibility index (Phi) is 5.48. The number of nitrogens with zero attached hydrogens (tertiary/aromatic N) is 1. The van der Waals surface area contributed by atoms with Crippen LogP contribution in [0, 0.1) is 0 Å². The summed E-state index contributed by atoms with van der Waals surface area (Å²) in [7, 11) is -2.17. The van der Waals surface area contributed by atoms with Gasteiger partial charge in [0.1, 0.15) is 5.75 Å². The minimum Gasteiger partial charge on any atom is -0.481 e. The van der Waals surface area contributed by atoms with E-state index in [0.29, 0.717) is 5.56 Å². The minimum atomic E-state index is -3.72. The molecule has 0 spiro atoms. The van der Waals surface area contributed by atoms with Crippen LogP contribution >= 0.6 is 0 Å². The summed E-state index contributed by atoms with van der Waals surface area (Å²) in [5.74, 6) is -2.06. The van der Waals surface area contributed by atoms with E-state index in [1.165, 1.54) is 29.2 Å². The molecule has 0 fully saturated rings. The van der Waals surface area contributed by atoms with E-state index < -0.39 is 27.5 Å². The number of amides is 1. The van der Waals surface area contributed by atoms with Crippen molar-refractivity contribution in [3.63, 3.8) is 0 Å². The number of carboxylic acids is 1. The van der Waals surface area contributed by atoms with E-state index in [4.69, 9.17) is 5.11 Å². The van der Waals surface area contributed by atoms with Crippen LogP contribution < -0.4 is 0 Å². The summed E-state index contributed by atoms with van der Waals surface area (Å²) < 4.78 is 24.3. The van der Waals surface area contributed by atoms with Crippen LogP contribution in [-0.4, -0.2) is 49.1 Å². The quantitative estimate of drug-likeness (QED) is 0.844. The topological polar surface area (TPSA) is 91.8 Å². The zero-order valence-electron chi connectivity index (χ0n) is 12.2. The summed E-state index contributed by atoms with van der Waals surface area (Å²) in [6.07, 6.45) is -0.171. The van der Waals surface area contributed by atoms with Crippen LogP contribution in [0.4, 0.5) is 0 Å². The zero-order valence-corrected chi connectivity index (χ0v) is 13.1. The molecule has 0 aliphatic heterocycles. The van der Waals surface area contributed by atoms with Gasteiger partial charge in [-0.25, -0.2) is 8.42 Å². The average molecular weight is 313 g/mol. The Morgan fingerprint density at radius 2 is 1.71 bits per heavy atom. The van der Waals surface area contributed by atoms with Gasteiger partial charge in [0.05, 0.1) is 11.3 Å². The summed E-state index contributed by atoms with van der Waals surface area (Å²) in [5, 5.41) is 8.66. The van der Waals surface area contributed by atoms with Gasteiger partial charge in [-0.1, -0.05) is 12.1 Å². The highest BCUT2D eigenvalue weighted by Crippen LogP contribution is 2.14. The molecular weight excluding hydrogens is 294 g/mol. The van der Waals surface area contributed by atoms with Gasteiger partial charge in [0.15, 0.2) is 9.84 Å². The molecule has 7 heteroatoms. The summed E-state index contributed by atoms with van der Waals surface area (Å²) in [6, 6.07) is 5.47. The molecule has 0 aliphatic rings. The highest BCUT2D eigenvalue weighted by Gasteiger charge is 2.22. The Labute approximate surface area is 124 Å². The largest absolute Gasteiger partial charge is 0.481 e. The molecule has 0 unspecified atom stereocenters. The number of hydrogen-bond acceptors (Lipinski definition) is 4. The second-order valence-electron chi connectivity index (χ2n) is 5.07. The molecule has 0 saturated heterocycles. The third-order valence-corrected chi connectivity index (χ3v) is 4.74. The molecule has 1 aromatic rings. The van der Waals surface area contributed by atoms with Gasteiger partial charge < -0.3 is 10.0 Å². The molecule has 1 rings (SSSR count). The Bertz CT molecular complexity index is 619. The lowest BCUT2D eigenvalue weighted by Gasteiger charge is -2.21. The van der Waals surface area contributed by atoms with E-state index in [-0.39, 0.29) is 17.4 Å². The fourth-order valence-corrected chi connectivity index (χ4v) is 2.87. The number of sulfone groups is 1. The molecule has 6 nitrogen and oxygen atoms in total. The lowest BCUT2D eigenvalue weighted by molar-refractivity contribution is -0.136. The molecule has 0 saturated carbocycles. The second kappa shape index (κ2) is 6.71. The Morgan fingerprint density at radius 3 is 2.14 bits per heavy atom. The fourth-order valence-electron chi connectivity index (χ4n) is 1.62. The minimum absolute atomic E-state index is 0.0159. The van der Waals surface area contributed by atoms with Crippen LogP contribution in [0.3, 0.4) is 0 Å². The van der Waals surface area contributed by atoms with Gasteiger partial charge in [-0.3, -0.25) is 9.59 Å². The van der Waals surface area contributed by atoms with Crippen molar-refractivity contribution in [2.24, 2.45) is 0 Å². The SMILES string of the molecule is CC(C)N(C)C(=O)CS(=O)(=O)c1ccc(CC(=O)O)cc1. The van der Waals surface area contributed by atoms with Gasteiger partial charge in [-0.05, 0) is 31.5 Å². The molecule has 1 aromatic carbocycles. The van der Waals surface area contributed by atoms with E-state index >= 15 is 0 Å². The molecule has 0 radical (unpaired) electrons. The van der Waals surface area contributed by atoms with Crippen molar-refractivity contribution in [3.05, 3.63) is 29.8 Å². The fraction of sp³-hybridized carbons (Fsp3) is 0.429. The van der Waals surface area contributed by atoms with Gasteiger partial charge in [-0.15, -0.1) is 0 Å². The van der Waals surface area contributed by atoms with Crippen molar-refractivity contribution in [1.29, 1.82) is 0 Å². The maximum absolute atomic E-state index is 12.1. The van der Waals surface area contributed by atoms with Crippen LogP contribution in [0.15, 0.2) is 29.2 Å². The number of carbonyl (C=O) groups is 2. The zero-order chi connectivity index (χ0) is 16.2. The maximum atomic E-state index is 12.1. The van der Waals surface area contributed by atoms with Gasteiger partial charge in [0.2, 0.25) is 5.91 Å². The maximum Gasteiger partial charge on any atom is 0.307 e. The summed E-state index contributed by atoms with van der Waals surface area (Å²) >= 11 is 0. The first-order chi connectivity index (χ1) is 9.63. The number of carboxylic acid groups (broad SMARTS) is 1. The van der Waals surface area contributed by atoms with Gasteiger partial charge >= 0.3 is 5.97 Å². The first-order valence-corrected chi connectivity index (χ1v) is 8.08. The molecule has 116 valence electrons. The van der Waals surface area contributed by atoms with Crippen molar-refractivity contribution in [2.75, 3.05) is 12.8 Å². The van der Waals surface area contributed by atoms with E-state index in [1.54, 1.807) is 20.9 Å². The van der Waals surface area contributed by atoms with Crippen LogP contribution in [-0.2, 0) is 25.8 Å². The van der Waals surface area contributed by atoms with E-state index in [1.807, 2.05) is 0 Å².